The molecule has 0 atom stereocenters. The molecule has 6 heteroatoms. The van der Waals surface area contributed by atoms with E-state index in [2.05, 4.69) is 51.7 Å². The van der Waals surface area contributed by atoms with Crippen LogP contribution in [0, 0.1) is 0 Å². The molecule has 0 aliphatic heterocycles. The predicted molar refractivity (Wildman–Crippen MR) is 85.5 cm³/mol. The fourth-order valence-electron chi connectivity index (χ4n) is 1.87. The Morgan fingerprint density at radius 3 is 2.76 bits per heavy atom. The second-order valence-corrected chi connectivity index (χ2v) is 5.16. The highest BCUT2D eigenvalue weighted by atomic mass is 15.3. The molecule has 0 radical (unpaired) electrons. The minimum atomic E-state index is 0.730. The molecule has 6 nitrogen and oxygen atoms in total. The summed E-state index contributed by atoms with van der Waals surface area (Å²) >= 11 is 0. The summed E-state index contributed by atoms with van der Waals surface area (Å²) in [6.07, 6.45) is 7.28. The summed E-state index contributed by atoms with van der Waals surface area (Å²) in [5.41, 5.74) is 5.21. The number of hydrazone groups is 1. The van der Waals surface area contributed by atoms with Crippen LogP contribution in [-0.2, 0) is 6.54 Å². The van der Waals surface area contributed by atoms with Crippen LogP contribution in [-0.4, -0.2) is 46.5 Å². The highest BCUT2D eigenvalue weighted by Crippen LogP contribution is 2.10. The summed E-state index contributed by atoms with van der Waals surface area (Å²) in [6, 6.07) is 8.16. The lowest BCUT2D eigenvalue weighted by molar-refractivity contribution is 0.404. The van der Waals surface area contributed by atoms with Gasteiger partial charge in [-0.15, -0.1) is 0 Å². The van der Waals surface area contributed by atoms with Crippen molar-refractivity contribution >= 4 is 11.9 Å². The Kier molecular flexibility index (Phi) is 5.90. The number of hydrogen-bond donors (Lipinski definition) is 1. The third-order valence-corrected chi connectivity index (χ3v) is 2.99. The van der Waals surface area contributed by atoms with Gasteiger partial charge in [-0.3, -0.25) is 5.43 Å². The summed E-state index contributed by atoms with van der Waals surface area (Å²) in [5.74, 6) is 0. The topological polar surface area (TPSA) is 58.3 Å². The number of nitrogens with zero attached hydrogens (tertiary/aromatic N) is 5. The van der Waals surface area contributed by atoms with Gasteiger partial charge in [0.1, 0.15) is 12.7 Å². The summed E-state index contributed by atoms with van der Waals surface area (Å²) in [7, 11) is 4.16. The number of unbranched alkanes of at least 4 members (excludes halogenated alkanes) is 1. The molecule has 1 aromatic carbocycles. The van der Waals surface area contributed by atoms with Gasteiger partial charge in [-0.2, -0.15) is 10.2 Å². The van der Waals surface area contributed by atoms with Crippen LogP contribution in [0.1, 0.15) is 18.4 Å². The minimum absolute atomic E-state index is 0.730. The van der Waals surface area contributed by atoms with E-state index in [1.165, 1.54) is 5.56 Å². The number of nitrogens with one attached hydrogen (secondary N) is 1. The van der Waals surface area contributed by atoms with Crippen LogP contribution in [0.2, 0.25) is 0 Å². The number of anilines is 1. The maximum Gasteiger partial charge on any atom is 0.137 e. The van der Waals surface area contributed by atoms with E-state index in [0.29, 0.717) is 0 Å². The maximum atomic E-state index is 4.22. The number of hydrogen-bond acceptors (Lipinski definition) is 5. The van der Waals surface area contributed by atoms with Crippen LogP contribution in [0.25, 0.3) is 0 Å². The fraction of sp³-hybridized carbons (Fsp3) is 0.400. The molecular formula is C15H22N6. The Hall–Kier alpha value is -2.21. The highest BCUT2D eigenvalue weighted by molar-refractivity contribution is 5.59. The van der Waals surface area contributed by atoms with Gasteiger partial charge < -0.3 is 4.90 Å². The van der Waals surface area contributed by atoms with Gasteiger partial charge >= 0.3 is 0 Å². The average molecular weight is 286 g/mol. The summed E-state index contributed by atoms with van der Waals surface area (Å²) < 4.78 is 1.80. The van der Waals surface area contributed by atoms with Crippen LogP contribution >= 0.6 is 0 Å². The van der Waals surface area contributed by atoms with Crippen molar-refractivity contribution in [1.29, 1.82) is 0 Å². The molecule has 1 N–H and O–H groups in total. The van der Waals surface area contributed by atoms with Crippen molar-refractivity contribution in [1.82, 2.24) is 19.7 Å². The van der Waals surface area contributed by atoms with E-state index in [0.717, 1.165) is 31.6 Å². The van der Waals surface area contributed by atoms with Crippen molar-refractivity contribution in [3.05, 3.63) is 42.5 Å². The molecule has 21 heavy (non-hydrogen) atoms. The van der Waals surface area contributed by atoms with Crippen LogP contribution in [0.4, 0.5) is 5.69 Å². The van der Waals surface area contributed by atoms with E-state index in [9.17, 15) is 0 Å². The van der Waals surface area contributed by atoms with Crippen LogP contribution < -0.4 is 5.43 Å². The number of benzene rings is 1. The molecule has 0 aliphatic carbocycles. The molecule has 0 saturated heterocycles. The van der Waals surface area contributed by atoms with Crippen molar-refractivity contribution in [3.63, 3.8) is 0 Å². The zero-order valence-electron chi connectivity index (χ0n) is 12.6. The SMILES string of the molecule is CN(C)CCCC=NNc1ccc(Cn2cncn2)cc1. The molecule has 0 amide bonds. The molecule has 0 unspecified atom stereocenters. The number of rotatable bonds is 8. The number of aromatic nitrogens is 3. The van der Waals surface area contributed by atoms with E-state index in [-0.39, 0.29) is 0 Å². The first-order valence-electron chi connectivity index (χ1n) is 7.07. The Morgan fingerprint density at radius 2 is 2.10 bits per heavy atom. The molecule has 1 heterocycles. The van der Waals surface area contributed by atoms with Gasteiger partial charge in [0.2, 0.25) is 0 Å². The molecule has 0 spiro atoms. The van der Waals surface area contributed by atoms with Crippen LogP contribution in [0.5, 0.6) is 0 Å². The maximum absolute atomic E-state index is 4.22. The average Bonchev–Trinajstić information content (AvgIpc) is 2.97. The van der Waals surface area contributed by atoms with Crippen molar-refractivity contribution in [2.75, 3.05) is 26.1 Å². The lowest BCUT2D eigenvalue weighted by Gasteiger charge is -2.06. The summed E-state index contributed by atoms with van der Waals surface area (Å²) in [6.45, 7) is 1.82. The molecule has 0 saturated carbocycles. The Bertz CT molecular complexity index is 530. The Balaban J connectivity index is 1.73. The van der Waals surface area contributed by atoms with Gasteiger partial charge in [0.25, 0.3) is 0 Å². The van der Waals surface area contributed by atoms with Crippen molar-refractivity contribution in [3.8, 4) is 0 Å². The molecule has 2 rings (SSSR count). The fourth-order valence-corrected chi connectivity index (χ4v) is 1.87. The lowest BCUT2D eigenvalue weighted by Crippen LogP contribution is -2.12. The second kappa shape index (κ2) is 8.16. The first kappa shape index (κ1) is 15.2. The van der Waals surface area contributed by atoms with Crippen molar-refractivity contribution < 1.29 is 0 Å². The quantitative estimate of drug-likeness (QED) is 0.458. The third-order valence-electron chi connectivity index (χ3n) is 2.99. The highest BCUT2D eigenvalue weighted by Gasteiger charge is 1.96. The van der Waals surface area contributed by atoms with Crippen molar-refractivity contribution in [2.45, 2.75) is 19.4 Å². The molecule has 0 bridgehead atoms. The molecule has 2 aromatic rings. The van der Waals surface area contributed by atoms with Crippen LogP contribution in [0.3, 0.4) is 0 Å². The van der Waals surface area contributed by atoms with Gasteiger partial charge in [0, 0.05) is 6.21 Å². The van der Waals surface area contributed by atoms with E-state index < -0.39 is 0 Å². The van der Waals surface area contributed by atoms with Crippen molar-refractivity contribution in [2.24, 2.45) is 5.10 Å². The van der Waals surface area contributed by atoms with Gasteiger partial charge in [-0.1, -0.05) is 12.1 Å². The van der Waals surface area contributed by atoms with E-state index >= 15 is 0 Å². The minimum Gasteiger partial charge on any atom is -0.309 e. The van der Waals surface area contributed by atoms with E-state index in [1.54, 1.807) is 17.3 Å². The van der Waals surface area contributed by atoms with E-state index in [4.69, 9.17) is 0 Å². The second-order valence-electron chi connectivity index (χ2n) is 5.16. The van der Waals surface area contributed by atoms with Crippen LogP contribution in [0.15, 0.2) is 42.0 Å². The molecule has 1 aromatic heterocycles. The molecule has 0 aliphatic rings. The smallest absolute Gasteiger partial charge is 0.137 e. The summed E-state index contributed by atoms with van der Waals surface area (Å²) in [4.78, 5) is 6.10. The zero-order chi connectivity index (χ0) is 14.9. The van der Waals surface area contributed by atoms with E-state index in [1.807, 2.05) is 18.3 Å². The monoisotopic (exact) mass is 286 g/mol. The molecule has 112 valence electrons. The zero-order valence-corrected chi connectivity index (χ0v) is 12.6. The summed E-state index contributed by atoms with van der Waals surface area (Å²) in [5, 5.41) is 8.31. The first-order valence-corrected chi connectivity index (χ1v) is 7.07. The third kappa shape index (κ3) is 5.74. The molecule has 0 fully saturated rings. The largest absolute Gasteiger partial charge is 0.309 e. The lowest BCUT2D eigenvalue weighted by atomic mass is 10.2. The Labute approximate surface area is 125 Å². The van der Waals surface area contributed by atoms with Gasteiger partial charge in [0.05, 0.1) is 12.2 Å². The first-order chi connectivity index (χ1) is 10.2. The normalized spacial score (nSPS) is 11.4. The van der Waals surface area contributed by atoms with Gasteiger partial charge in [-0.05, 0) is 51.2 Å². The Morgan fingerprint density at radius 1 is 1.29 bits per heavy atom. The predicted octanol–water partition coefficient (Wildman–Crippen LogP) is 2.07. The van der Waals surface area contributed by atoms with Gasteiger partial charge in [-0.25, -0.2) is 9.67 Å². The molecular weight excluding hydrogens is 264 g/mol. The standard InChI is InChI=1S/C15H22N6/c1-20(2)10-4-3-9-17-19-15-7-5-14(6-8-15)11-21-13-16-12-18-21/h5-9,12-13,19H,3-4,10-11H2,1-2H3. The van der Waals surface area contributed by atoms with Gasteiger partial charge in [0.15, 0.2) is 0 Å².